The van der Waals surface area contributed by atoms with Crippen molar-refractivity contribution in [3.8, 4) is 11.5 Å². The highest BCUT2D eigenvalue weighted by Crippen LogP contribution is 2.24. The van der Waals surface area contributed by atoms with Crippen molar-refractivity contribution in [2.45, 2.75) is 0 Å². The minimum Gasteiger partial charge on any atom is -0.488 e. The number of hydrogen-bond donors (Lipinski definition) is 6. The zero-order valence-electron chi connectivity index (χ0n) is 13.4. The van der Waals surface area contributed by atoms with Crippen molar-refractivity contribution < 1.29 is 9.47 Å². The molecule has 0 spiro atoms. The van der Waals surface area contributed by atoms with Gasteiger partial charge in [-0.3, -0.25) is 10.8 Å². The van der Waals surface area contributed by atoms with E-state index in [9.17, 15) is 0 Å². The highest BCUT2D eigenvalue weighted by Gasteiger charge is 2.06. The first kappa shape index (κ1) is 19.9. The van der Waals surface area contributed by atoms with Gasteiger partial charge in [0.2, 0.25) is 0 Å². The number of ether oxygens (including phenoxy) is 2. The molecular weight excluding hydrogens is 344 g/mol. The van der Waals surface area contributed by atoms with Gasteiger partial charge in [0.1, 0.15) is 36.4 Å². The molecule has 2 aromatic carbocycles. The lowest BCUT2D eigenvalue weighted by Crippen LogP contribution is -2.14. The number of benzene rings is 2. The van der Waals surface area contributed by atoms with E-state index in [1.54, 1.807) is 36.4 Å². The first-order chi connectivity index (χ1) is 11.4. The van der Waals surface area contributed by atoms with Gasteiger partial charge in [-0.15, -0.1) is 12.4 Å². The Bertz CT molecular complexity index is 716. The van der Waals surface area contributed by atoms with Crippen LogP contribution in [-0.2, 0) is 0 Å². The van der Waals surface area contributed by atoms with Crippen LogP contribution in [0.3, 0.4) is 0 Å². The molecule has 0 radical (unpaired) electrons. The molecule has 0 unspecified atom stereocenters. The van der Waals surface area contributed by atoms with Crippen LogP contribution in [0.15, 0.2) is 36.4 Å². The third kappa shape index (κ3) is 5.18. The van der Waals surface area contributed by atoms with Gasteiger partial charge in [-0.1, -0.05) is 0 Å². The van der Waals surface area contributed by atoms with Gasteiger partial charge in [-0.25, -0.2) is 0 Å². The summed E-state index contributed by atoms with van der Waals surface area (Å²) in [5.41, 5.74) is 24.4. The predicted octanol–water partition coefficient (Wildman–Crippen LogP) is 1.30. The molecule has 0 aliphatic heterocycles. The van der Waals surface area contributed by atoms with E-state index in [4.69, 9.17) is 43.2 Å². The molecule has 0 amide bonds. The standard InChI is InChI=1S/C16H20N6O2.ClH/c17-11-7-9(15(19)20)1-3-13(11)23-5-6-24-14-4-2-10(16(21)22)8-12(14)18;/h1-4,7-8H,5-6,17-18H2,(H3,19,20)(H3,21,22);1H. The zero-order valence-corrected chi connectivity index (χ0v) is 14.2. The molecule has 8 nitrogen and oxygen atoms in total. The van der Waals surface area contributed by atoms with E-state index in [0.717, 1.165) is 0 Å². The van der Waals surface area contributed by atoms with E-state index in [-0.39, 0.29) is 37.3 Å². The monoisotopic (exact) mass is 364 g/mol. The summed E-state index contributed by atoms with van der Waals surface area (Å²) < 4.78 is 11.1. The van der Waals surface area contributed by atoms with Crippen LogP contribution in [0.1, 0.15) is 11.1 Å². The molecule has 0 aromatic heterocycles. The number of nitrogens with two attached hydrogens (primary N) is 4. The van der Waals surface area contributed by atoms with Crippen molar-refractivity contribution in [1.29, 1.82) is 10.8 Å². The highest BCUT2D eigenvalue weighted by atomic mass is 35.5. The summed E-state index contributed by atoms with van der Waals surface area (Å²) in [6.45, 7) is 0.523. The average Bonchev–Trinajstić information content (AvgIpc) is 2.53. The molecule has 0 aliphatic carbocycles. The molecule has 10 N–H and O–H groups in total. The maximum Gasteiger partial charge on any atom is 0.142 e. The molecule has 0 aliphatic rings. The lowest BCUT2D eigenvalue weighted by atomic mass is 10.2. The average molecular weight is 365 g/mol. The van der Waals surface area contributed by atoms with E-state index in [2.05, 4.69) is 0 Å². The third-order valence-corrected chi connectivity index (χ3v) is 3.24. The second kappa shape index (κ2) is 8.65. The molecule has 2 rings (SSSR count). The second-order valence-electron chi connectivity index (χ2n) is 5.03. The van der Waals surface area contributed by atoms with Crippen LogP contribution in [0.2, 0.25) is 0 Å². The third-order valence-electron chi connectivity index (χ3n) is 3.24. The van der Waals surface area contributed by atoms with Crippen LogP contribution in [0.4, 0.5) is 11.4 Å². The van der Waals surface area contributed by atoms with Crippen molar-refractivity contribution in [2.75, 3.05) is 24.7 Å². The number of nitrogens with one attached hydrogen (secondary N) is 2. The molecule has 0 bridgehead atoms. The Labute approximate surface area is 151 Å². The Hall–Kier alpha value is -3.13. The summed E-state index contributed by atoms with van der Waals surface area (Å²) in [4.78, 5) is 0. The molecule has 0 atom stereocenters. The van der Waals surface area contributed by atoms with Gasteiger partial charge in [0, 0.05) is 11.1 Å². The Kier molecular flexibility index (Phi) is 6.89. The minimum atomic E-state index is -0.0546. The van der Waals surface area contributed by atoms with Crippen molar-refractivity contribution in [3.05, 3.63) is 47.5 Å². The SMILES string of the molecule is Cl.N=C(N)c1ccc(OCCOc2ccc(C(=N)N)cc2N)c(N)c1. The highest BCUT2D eigenvalue weighted by molar-refractivity contribution is 5.96. The Morgan fingerprint density at radius 3 is 1.40 bits per heavy atom. The fourth-order valence-electron chi connectivity index (χ4n) is 2.00. The molecule has 0 heterocycles. The molecule has 2 aromatic rings. The Morgan fingerprint density at radius 1 is 0.760 bits per heavy atom. The number of nitrogen functional groups attached to an aromatic ring is 4. The summed E-state index contributed by atoms with van der Waals surface area (Å²) >= 11 is 0. The number of halogens is 1. The lowest BCUT2D eigenvalue weighted by molar-refractivity contribution is 0.218. The minimum absolute atomic E-state index is 0. The van der Waals surface area contributed by atoms with Crippen LogP contribution in [0.25, 0.3) is 0 Å². The molecular formula is C16H21ClN6O2. The summed E-state index contributed by atoms with van der Waals surface area (Å²) in [5, 5.41) is 14.7. The topological polar surface area (TPSA) is 170 Å². The Balaban J connectivity index is 0.00000312. The van der Waals surface area contributed by atoms with Crippen molar-refractivity contribution >= 4 is 35.5 Å². The fraction of sp³-hybridized carbons (Fsp3) is 0.125. The smallest absolute Gasteiger partial charge is 0.142 e. The zero-order chi connectivity index (χ0) is 17.7. The summed E-state index contributed by atoms with van der Waals surface area (Å²) in [7, 11) is 0. The summed E-state index contributed by atoms with van der Waals surface area (Å²) in [5.74, 6) is 0.870. The fourth-order valence-corrected chi connectivity index (χ4v) is 2.00. The van der Waals surface area contributed by atoms with Gasteiger partial charge >= 0.3 is 0 Å². The maximum absolute atomic E-state index is 7.36. The van der Waals surface area contributed by atoms with E-state index in [1.807, 2.05) is 0 Å². The molecule has 134 valence electrons. The van der Waals surface area contributed by atoms with Crippen molar-refractivity contribution in [2.24, 2.45) is 11.5 Å². The van der Waals surface area contributed by atoms with Crippen molar-refractivity contribution in [3.63, 3.8) is 0 Å². The largest absolute Gasteiger partial charge is 0.488 e. The molecule has 0 saturated heterocycles. The van der Waals surface area contributed by atoms with Crippen LogP contribution in [-0.4, -0.2) is 24.9 Å². The van der Waals surface area contributed by atoms with E-state index >= 15 is 0 Å². The first-order valence-electron chi connectivity index (χ1n) is 7.12. The van der Waals surface area contributed by atoms with Gasteiger partial charge < -0.3 is 32.4 Å². The van der Waals surface area contributed by atoms with E-state index in [0.29, 0.717) is 34.0 Å². The number of anilines is 2. The van der Waals surface area contributed by atoms with E-state index in [1.165, 1.54) is 0 Å². The molecule has 25 heavy (non-hydrogen) atoms. The van der Waals surface area contributed by atoms with Crippen LogP contribution >= 0.6 is 12.4 Å². The van der Waals surface area contributed by atoms with Crippen LogP contribution in [0, 0.1) is 10.8 Å². The van der Waals surface area contributed by atoms with Gasteiger partial charge in [-0.05, 0) is 36.4 Å². The number of amidine groups is 2. The van der Waals surface area contributed by atoms with Crippen molar-refractivity contribution in [1.82, 2.24) is 0 Å². The Morgan fingerprint density at radius 2 is 1.12 bits per heavy atom. The van der Waals surface area contributed by atoms with Gasteiger partial charge in [-0.2, -0.15) is 0 Å². The number of rotatable bonds is 7. The lowest BCUT2D eigenvalue weighted by Gasteiger charge is -2.12. The van der Waals surface area contributed by atoms with Gasteiger partial charge in [0.25, 0.3) is 0 Å². The molecule has 9 heteroatoms. The van der Waals surface area contributed by atoms with Crippen LogP contribution < -0.4 is 32.4 Å². The summed E-state index contributed by atoms with van der Waals surface area (Å²) in [6, 6.07) is 9.79. The van der Waals surface area contributed by atoms with Crippen LogP contribution in [0.5, 0.6) is 11.5 Å². The first-order valence-corrected chi connectivity index (χ1v) is 7.12. The summed E-state index contributed by atoms with van der Waals surface area (Å²) in [6.07, 6.45) is 0. The predicted molar refractivity (Wildman–Crippen MR) is 102 cm³/mol. The molecule has 0 saturated carbocycles. The maximum atomic E-state index is 7.36. The molecule has 0 fully saturated rings. The van der Waals surface area contributed by atoms with E-state index < -0.39 is 0 Å². The second-order valence-corrected chi connectivity index (χ2v) is 5.03. The normalized spacial score (nSPS) is 9.76. The quantitative estimate of drug-likeness (QED) is 0.187. The number of hydrogen-bond acceptors (Lipinski definition) is 6. The van der Waals surface area contributed by atoms with Gasteiger partial charge in [0.15, 0.2) is 0 Å². The van der Waals surface area contributed by atoms with Gasteiger partial charge in [0.05, 0.1) is 11.4 Å².